The first-order chi connectivity index (χ1) is 7.59. The Morgan fingerprint density at radius 1 is 1.44 bits per heavy atom. The summed E-state index contributed by atoms with van der Waals surface area (Å²) in [5.74, 6) is 0. The molecule has 5 heteroatoms. The van der Waals surface area contributed by atoms with Crippen LogP contribution in [0.3, 0.4) is 0 Å². The minimum atomic E-state index is 0.575. The van der Waals surface area contributed by atoms with Gasteiger partial charge in [0.15, 0.2) is 0 Å². The SMILES string of the molecule is C[C@@H]1CNC[C@H](C)N1Cc1c(Br)cnn1C. The van der Waals surface area contributed by atoms with Crippen LogP contribution < -0.4 is 5.32 Å². The van der Waals surface area contributed by atoms with Crippen LogP contribution >= 0.6 is 15.9 Å². The van der Waals surface area contributed by atoms with Crippen molar-refractivity contribution in [2.75, 3.05) is 13.1 Å². The average Bonchev–Trinajstić information content (AvgIpc) is 2.54. The van der Waals surface area contributed by atoms with Crippen LogP contribution in [-0.4, -0.2) is 39.9 Å². The number of piperazine rings is 1. The van der Waals surface area contributed by atoms with Gasteiger partial charge in [0.05, 0.1) is 16.4 Å². The molecule has 1 aliphatic heterocycles. The monoisotopic (exact) mass is 286 g/mol. The summed E-state index contributed by atoms with van der Waals surface area (Å²) in [5, 5.41) is 7.71. The lowest BCUT2D eigenvalue weighted by Crippen LogP contribution is -2.54. The molecule has 2 heterocycles. The maximum Gasteiger partial charge on any atom is 0.0663 e. The summed E-state index contributed by atoms with van der Waals surface area (Å²) < 4.78 is 3.05. The predicted molar refractivity (Wildman–Crippen MR) is 68.2 cm³/mol. The van der Waals surface area contributed by atoms with Gasteiger partial charge in [0.1, 0.15) is 0 Å². The highest BCUT2D eigenvalue weighted by Gasteiger charge is 2.25. The van der Waals surface area contributed by atoms with Gasteiger partial charge in [0.2, 0.25) is 0 Å². The van der Waals surface area contributed by atoms with Crippen LogP contribution in [-0.2, 0) is 13.6 Å². The van der Waals surface area contributed by atoms with Crippen molar-refractivity contribution in [1.82, 2.24) is 20.0 Å². The van der Waals surface area contributed by atoms with Crippen LogP contribution in [0.5, 0.6) is 0 Å². The second-order valence-corrected chi connectivity index (χ2v) is 5.45. The summed E-state index contributed by atoms with van der Waals surface area (Å²) in [6.07, 6.45) is 1.87. The lowest BCUT2D eigenvalue weighted by molar-refractivity contribution is 0.105. The van der Waals surface area contributed by atoms with Crippen molar-refractivity contribution in [1.29, 1.82) is 0 Å². The van der Waals surface area contributed by atoms with E-state index in [9.17, 15) is 0 Å². The summed E-state index contributed by atoms with van der Waals surface area (Å²) >= 11 is 3.56. The minimum Gasteiger partial charge on any atom is -0.314 e. The molecule has 1 saturated heterocycles. The molecule has 0 bridgehead atoms. The molecule has 90 valence electrons. The van der Waals surface area contributed by atoms with Crippen LogP contribution in [0.4, 0.5) is 0 Å². The zero-order chi connectivity index (χ0) is 11.7. The highest BCUT2D eigenvalue weighted by atomic mass is 79.9. The predicted octanol–water partition coefficient (Wildman–Crippen LogP) is 1.36. The van der Waals surface area contributed by atoms with Crippen LogP contribution in [0.15, 0.2) is 10.7 Å². The van der Waals surface area contributed by atoms with Gasteiger partial charge in [0, 0.05) is 38.8 Å². The lowest BCUT2D eigenvalue weighted by Gasteiger charge is -2.39. The fourth-order valence-electron chi connectivity index (χ4n) is 2.27. The molecule has 0 radical (unpaired) electrons. The average molecular weight is 287 g/mol. The van der Waals surface area contributed by atoms with Gasteiger partial charge < -0.3 is 5.32 Å². The first-order valence-electron chi connectivity index (χ1n) is 5.72. The Hall–Kier alpha value is -0.390. The molecule has 1 fully saturated rings. The van der Waals surface area contributed by atoms with E-state index in [0.717, 1.165) is 24.1 Å². The van der Waals surface area contributed by atoms with E-state index in [1.165, 1.54) is 5.69 Å². The zero-order valence-corrected chi connectivity index (χ0v) is 11.7. The maximum absolute atomic E-state index is 4.26. The molecule has 4 nitrogen and oxygen atoms in total. The van der Waals surface area contributed by atoms with Crippen molar-refractivity contribution in [3.05, 3.63) is 16.4 Å². The first-order valence-corrected chi connectivity index (χ1v) is 6.51. The van der Waals surface area contributed by atoms with E-state index < -0.39 is 0 Å². The molecule has 0 aliphatic carbocycles. The summed E-state index contributed by atoms with van der Waals surface area (Å²) in [6, 6.07) is 1.15. The van der Waals surface area contributed by atoms with Crippen molar-refractivity contribution in [3.63, 3.8) is 0 Å². The third-order valence-corrected chi connectivity index (χ3v) is 4.02. The fourth-order valence-corrected chi connectivity index (χ4v) is 2.74. The fraction of sp³-hybridized carbons (Fsp3) is 0.727. The van der Waals surface area contributed by atoms with E-state index in [0.29, 0.717) is 12.1 Å². The standard InChI is InChI=1S/C11H19BrN4/c1-8-4-13-5-9(2)16(8)7-11-10(12)6-14-15(11)3/h6,8-9,13H,4-5,7H2,1-3H3/t8-,9+. The second kappa shape index (κ2) is 4.85. The number of nitrogens with one attached hydrogen (secondary N) is 1. The molecule has 0 unspecified atom stereocenters. The van der Waals surface area contributed by atoms with Gasteiger partial charge in [-0.1, -0.05) is 0 Å². The number of halogens is 1. The summed E-state index contributed by atoms with van der Waals surface area (Å²) in [7, 11) is 2.00. The zero-order valence-electron chi connectivity index (χ0n) is 10.1. The lowest BCUT2D eigenvalue weighted by atomic mass is 10.1. The Bertz CT molecular complexity index is 333. The Morgan fingerprint density at radius 3 is 2.56 bits per heavy atom. The molecule has 2 atom stereocenters. The van der Waals surface area contributed by atoms with Gasteiger partial charge in [-0.15, -0.1) is 0 Å². The van der Waals surface area contributed by atoms with Crippen LogP contribution in [0, 0.1) is 0 Å². The van der Waals surface area contributed by atoms with Crippen molar-refractivity contribution >= 4 is 15.9 Å². The molecule has 0 amide bonds. The molecule has 16 heavy (non-hydrogen) atoms. The highest BCUT2D eigenvalue weighted by molar-refractivity contribution is 9.10. The second-order valence-electron chi connectivity index (χ2n) is 4.59. The third kappa shape index (κ3) is 2.31. The quantitative estimate of drug-likeness (QED) is 0.891. The normalized spacial score (nSPS) is 27.2. The molecule has 0 spiro atoms. The summed E-state index contributed by atoms with van der Waals surface area (Å²) in [4.78, 5) is 2.53. The van der Waals surface area contributed by atoms with E-state index in [-0.39, 0.29) is 0 Å². The van der Waals surface area contributed by atoms with E-state index in [1.807, 2.05) is 17.9 Å². The van der Waals surface area contributed by atoms with Crippen LogP contribution in [0.1, 0.15) is 19.5 Å². The molecule has 1 N–H and O–H groups in total. The summed E-state index contributed by atoms with van der Waals surface area (Å²) in [5.41, 5.74) is 1.25. The van der Waals surface area contributed by atoms with Gasteiger partial charge in [-0.2, -0.15) is 5.10 Å². The van der Waals surface area contributed by atoms with E-state index in [1.54, 1.807) is 0 Å². The molecule has 2 rings (SSSR count). The highest BCUT2D eigenvalue weighted by Crippen LogP contribution is 2.20. The molecule has 1 aliphatic rings. The van der Waals surface area contributed by atoms with E-state index >= 15 is 0 Å². The van der Waals surface area contributed by atoms with Crippen molar-refractivity contribution in [2.24, 2.45) is 7.05 Å². The smallest absolute Gasteiger partial charge is 0.0663 e. The molecule has 0 aromatic carbocycles. The number of nitrogens with zero attached hydrogens (tertiary/aromatic N) is 3. The Morgan fingerprint density at radius 2 is 2.06 bits per heavy atom. The first kappa shape index (κ1) is 12.1. The van der Waals surface area contributed by atoms with Gasteiger partial charge in [-0.25, -0.2) is 0 Å². The molecular weight excluding hydrogens is 268 g/mol. The topological polar surface area (TPSA) is 33.1 Å². The molecule has 1 aromatic rings. The molecule has 1 aromatic heterocycles. The van der Waals surface area contributed by atoms with Gasteiger partial charge in [0.25, 0.3) is 0 Å². The number of aryl methyl sites for hydroxylation is 1. The Labute approximate surface area is 105 Å². The van der Waals surface area contributed by atoms with Gasteiger partial charge >= 0.3 is 0 Å². The van der Waals surface area contributed by atoms with Crippen molar-refractivity contribution in [3.8, 4) is 0 Å². The number of hydrogen-bond donors (Lipinski definition) is 1. The number of rotatable bonds is 2. The Balaban J connectivity index is 2.13. The van der Waals surface area contributed by atoms with Gasteiger partial charge in [-0.3, -0.25) is 9.58 Å². The minimum absolute atomic E-state index is 0.575. The molecular formula is C11H19BrN4. The number of hydrogen-bond acceptors (Lipinski definition) is 3. The largest absolute Gasteiger partial charge is 0.314 e. The number of aromatic nitrogens is 2. The summed E-state index contributed by atoms with van der Waals surface area (Å²) in [6.45, 7) is 7.64. The van der Waals surface area contributed by atoms with Crippen molar-refractivity contribution < 1.29 is 0 Å². The van der Waals surface area contributed by atoms with E-state index in [2.05, 4.69) is 45.1 Å². The van der Waals surface area contributed by atoms with E-state index in [4.69, 9.17) is 0 Å². The van der Waals surface area contributed by atoms with Crippen molar-refractivity contribution in [2.45, 2.75) is 32.5 Å². The van der Waals surface area contributed by atoms with Crippen LogP contribution in [0.25, 0.3) is 0 Å². The van der Waals surface area contributed by atoms with Gasteiger partial charge in [-0.05, 0) is 29.8 Å². The Kier molecular flexibility index (Phi) is 3.66. The van der Waals surface area contributed by atoms with Crippen LogP contribution in [0.2, 0.25) is 0 Å². The maximum atomic E-state index is 4.26. The third-order valence-electron chi connectivity index (χ3n) is 3.35. The molecule has 0 saturated carbocycles.